The van der Waals surface area contributed by atoms with Gasteiger partial charge < -0.3 is 9.80 Å². The molecule has 1 amide bonds. The number of rotatable bonds is 3. The third-order valence-electron chi connectivity index (χ3n) is 6.98. The average Bonchev–Trinajstić information content (AvgIpc) is 3.20. The van der Waals surface area contributed by atoms with Gasteiger partial charge >= 0.3 is 0 Å². The zero-order chi connectivity index (χ0) is 24.6. The van der Waals surface area contributed by atoms with Gasteiger partial charge in [-0.05, 0) is 44.0 Å². The van der Waals surface area contributed by atoms with E-state index in [1.165, 1.54) is 5.56 Å². The van der Waals surface area contributed by atoms with Crippen LogP contribution >= 0.6 is 0 Å². The normalized spacial score (nSPS) is 14.4. The van der Waals surface area contributed by atoms with Crippen molar-refractivity contribution in [1.82, 2.24) is 24.5 Å². The minimum absolute atomic E-state index is 0.0937. The van der Waals surface area contributed by atoms with E-state index in [2.05, 4.69) is 50.7 Å². The van der Waals surface area contributed by atoms with Crippen molar-refractivity contribution in [3.05, 3.63) is 89.5 Å². The smallest absolute Gasteiger partial charge is 0.254 e. The molecule has 180 valence electrons. The number of hydrogen-bond donors (Lipinski definition) is 0. The summed E-state index contributed by atoms with van der Waals surface area (Å²) < 4.78 is 2.08. The molecule has 0 atom stereocenters. The van der Waals surface area contributed by atoms with Crippen LogP contribution in [0.15, 0.2) is 72.8 Å². The summed E-state index contributed by atoms with van der Waals surface area (Å²) in [4.78, 5) is 22.6. The minimum Gasteiger partial charge on any atom is -0.340 e. The first-order valence-electron chi connectivity index (χ1n) is 12.4. The lowest BCUT2D eigenvalue weighted by Gasteiger charge is -2.24. The number of carbonyl (C=O) groups excluding carboxylic acids is 1. The van der Waals surface area contributed by atoms with Gasteiger partial charge in [0.1, 0.15) is 0 Å². The Balaban J connectivity index is 1.40. The molecule has 2 aromatic heterocycles. The first kappa shape index (κ1) is 22.2. The molecule has 0 aliphatic carbocycles. The van der Waals surface area contributed by atoms with Gasteiger partial charge in [0.05, 0.1) is 5.52 Å². The molecule has 0 N–H and O–H groups in total. The summed E-state index contributed by atoms with van der Waals surface area (Å²) in [5, 5.41) is 10.2. The maximum absolute atomic E-state index is 13.3. The quantitative estimate of drug-likeness (QED) is 0.370. The van der Waals surface area contributed by atoms with Crippen LogP contribution < -0.4 is 4.90 Å². The molecule has 1 saturated heterocycles. The number of nitrogens with zero attached hydrogens (tertiary/aromatic N) is 6. The molecule has 6 rings (SSSR count). The maximum atomic E-state index is 13.3. The highest BCUT2D eigenvalue weighted by Gasteiger charge is 2.25. The summed E-state index contributed by atoms with van der Waals surface area (Å²) in [6.45, 7) is 6.89. The molecule has 1 aliphatic heterocycles. The highest BCUT2D eigenvalue weighted by Crippen LogP contribution is 2.29. The van der Waals surface area contributed by atoms with Gasteiger partial charge in [-0.2, -0.15) is 0 Å². The minimum atomic E-state index is 0.0937. The summed E-state index contributed by atoms with van der Waals surface area (Å²) in [5.41, 5.74) is 5.66. The highest BCUT2D eigenvalue weighted by atomic mass is 16.2. The first-order valence-corrected chi connectivity index (χ1v) is 12.4. The monoisotopic (exact) mass is 476 g/mol. The zero-order valence-electron chi connectivity index (χ0n) is 20.6. The second kappa shape index (κ2) is 9.07. The number of para-hydroxylation sites is 1. The largest absolute Gasteiger partial charge is 0.340 e. The van der Waals surface area contributed by atoms with Crippen LogP contribution in [-0.4, -0.2) is 56.6 Å². The number of hydrogen-bond acceptors (Lipinski definition) is 5. The fourth-order valence-electron chi connectivity index (χ4n) is 4.97. The molecule has 0 saturated carbocycles. The fraction of sp³-hybridized carbons (Fsp3) is 0.241. The number of anilines is 1. The summed E-state index contributed by atoms with van der Waals surface area (Å²) in [7, 11) is 0. The van der Waals surface area contributed by atoms with Crippen molar-refractivity contribution in [2.24, 2.45) is 0 Å². The summed E-state index contributed by atoms with van der Waals surface area (Å²) >= 11 is 0. The van der Waals surface area contributed by atoms with Crippen LogP contribution in [0.2, 0.25) is 0 Å². The van der Waals surface area contributed by atoms with E-state index in [0.29, 0.717) is 19.6 Å². The van der Waals surface area contributed by atoms with Crippen LogP contribution in [0, 0.1) is 13.8 Å². The molecular formula is C29H28N6O. The second-order valence-corrected chi connectivity index (χ2v) is 9.43. The Hall–Kier alpha value is -4.26. The molecular weight excluding hydrogens is 448 g/mol. The highest BCUT2D eigenvalue weighted by molar-refractivity contribution is 5.96. The van der Waals surface area contributed by atoms with Crippen molar-refractivity contribution in [1.29, 1.82) is 0 Å². The summed E-state index contributed by atoms with van der Waals surface area (Å²) in [6.07, 6.45) is 0.857. The molecule has 0 radical (unpaired) electrons. The van der Waals surface area contributed by atoms with Gasteiger partial charge in [-0.3, -0.25) is 4.79 Å². The lowest BCUT2D eigenvalue weighted by atomic mass is 10.1. The van der Waals surface area contributed by atoms with Gasteiger partial charge in [0, 0.05) is 42.7 Å². The van der Waals surface area contributed by atoms with E-state index in [-0.39, 0.29) is 5.91 Å². The Bertz CT molecular complexity index is 1570. The Morgan fingerprint density at radius 2 is 1.58 bits per heavy atom. The Morgan fingerprint density at radius 1 is 0.806 bits per heavy atom. The molecule has 3 aromatic carbocycles. The first-order chi connectivity index (χ1) is 17.6. The van der Waals surface area contributed by atoms with E-state index < -0.39 is 0 Å². The topological polar surface area (TPSA) is 66.6 Å². The number of aromatic nitrogens is 4. The lowest BCUT2D eigenvalue weighted by Crippen LogP contribution is -2.36. The van der Waals surface area contributed by atoms with Crippen molar-refractivity contribution in [3.8, 4) is 11.4 Å². The van der Waals surface area contributed by atoms with Gasteiger partial charge in [-0.15, -0.1) is 10.2 Å². The van der Waals surface area contributed by atoms with Crippen LogP contribution in [0.1, 0.15) is 27.9 Å². The van der Waals surface area contributed by atoms with Crippen LogP contribution in [0.25, 0.3) is 27.9 Å². The third kappa shape index (κ3) is 3.86. The van der Waals surface area contributed by atoms with Gasteiger partial charge in [0.2, 0.25) is 5.95 Å². The zero-order valence-corrected chi connectivity index (χ0v) is 20.6. The van der Waals surface area contributed by atoms with E-state index >= 15 is 0 Å². The van der Waals surface area contributed by atoms with Gasteiger partial charge in [0.15, 0.2) is 11.5 Å². The van der Waals surface area contributed by atoms with Crippen LogP contribution in [-0.2, 0) is 0 Å². The van der Waals surface area contributed by atoms with E-state index in [4.69, 9.17) is 4.98 Å². The maximum Gasteiger partial charge on any atom is 0.254 e. The molecule has 7 heteroatoms. The van der Waals surface area contributed by atoms with Crippen molar-refractivity contribution in [3.63, 3.8) is 0 Å². The van der Waals surface area contributed by atoms with Crippen molar-refractivity contribution < 1.29 is 4.79 Å². The van der Waals surface area contributed by atoms with Gasteiger partial charge in [-0.25, -0.2) is 9.38 Å². The standard InChI is InChI=1S/C29H28N6O/c1-20-12-14-22(15-13-20)26-31-32-27-24-10-5-6-11-25(24)30-29(35(26)27)34-17-7-16-33(18-19-34)28(36)23-9-4-3-8-21(23)2/h3-6,8-15H,7,16-19H2,1-2H3. The molecule has 1 aliphatic rings. The Kier molecular flexibility index (Phi) is 5.60. The molecule has 7 nitrogen and oxygen atoms in total. The van der Waals surface area contributed by atoms with Crippen LogP contribution in [0.3, 0.4) is 0 Å². The van der Waals surface area contributed by atoms with Crippen LogP contribution in [0.4, 0.5) is 5.95 Å². The van der Waals surface area contributed by atoms with E-state index in [1.54, 1.807) is 0 Å². The Morgan fingerprint density at radius 3 is 2.42 bits per heavy atom. The number of carbonyl (C=O) groups is 1. The molecule has 0 unspecified atom stereocenters. The van der Waals surface area contributed by atoms with Gasteiger partial charge in [-0.1, -0.05) is 60.2 Å². The number of aryl methyl sites for hydroxylation is 2. The molecule has 0 bridgehead atoms. The molecule has 3 heterocycles. The van der Waals surface area contributed by atoms with E-state index in [0.717, 1.165) is 58.0 Å². The van der Waals surface area contributed by atoms with Crippen molar-refractivity contribution in [2.45, 2.75) is 20.3 Å². The summed E-state index contributed by atoms with van der Waals surface area (Å²) in [6, 6.07) is 24.2. The predicted molar refractivity (Wildman–Crippen MR) is 142 cm³/mol. The number of fused-ring (bicyclic) bond motifs is 3. The molecule has 36 heavy (non-hydrogen) atoms. The average molecular weight is 477 g/mol. The SMILES string of the molecule is Cc1ccc(-c2nnc3c4ccccc4nc(N4CCCN(C(=O)c5ccccc5C)CC4)n23)cc1. The van der Waals surface area contributed by atoms with Crippen LogP contribution in [0.5, 0.6) is 0 Å². The van der Waals surface area contributed by atoms with Crippen molar-refractivity contribution >= 4 is 28.4 Å². The van der Waals surface area contributed by atoms with E-state index in [9.17, 15) is 4.79 Å². The summed E-state index contributed by atoms with van der Waals surface area (Å²) in [5.74, 6) is 1.68. The van der Waals surface area contributed by atoms with Crippen molar-refractivity contribution in [2.75, 3.05) is 31.1 Å². The predicted octanol–water partition coefficient (Wildman–Crippen LogP) is 4.91. The fourth-order valence-corrected chi connectivity index (χ4v) is 4.97. The number of amides is 1. The molecule has 0 spiro atoms. The third-order valence-corrected chi connectivity index (χ3v) is 6.98. The second-order valence-electron chi connectivity index (χ2n) is 9.43. The molecule has 5 aromatic rings. The Labute approximate surface area is 210 Å². The van der Waals surface area contributed by atoms with E-state index in [1.807, 2.05) is 60.4 Å². The molecule has 1 fully saturated rings. The lowest BCUT2D eigenvalue weighted by molar-refractivity contribution is 0.0766. The van der Waals surface area contributed by atoms with Gasteiger partial charge in [0.25, 0.3) is 5.91 Å². The number of benzene rings is 3.